The van der Waals surface area contributed by atoms with Crippen LogP contribution in [0.25, 0.3) is 34.4 Å². The van der Waals surface area contributed by atoms with Crippen LogP contribution in [0.15, 0.2) is 96.1 Å². The van der Waals surface area contributed by atoms with Crippen molar-refractivity contribution in [1.82, 2.24) is 0 Å². The van der Waals surface area contributed by atoms with E-state index < -0.39 is 17.4 Å². The molecule has 1 saturated carbocycles. The van der Waals surface area contributed by atoms with Crippen LogP contribution in [-0.4, -0.2) is 6.88 Å². The van der Waals surface area contributed by atoms with E-state index in [1.165, 1.54) is 83.0 Å². The summed E-state index contributed by atoms with van der Waals surface area (Å²) in [5, 5.41) is 0. The van der Waals surface area contributed by atoms with Gasteiger partial charge in [0.15, 0.2) is 0 Å². The Morgan fingerprint density at radius 1 is 0.647 bits per heavy atom. The largest absolute Gasteiger partial charge is 0.147 e. The molecule has 4 aromatic rings. The molecular formula is C47H60Cl2SiZr. The van der Waals surface area contributed by atoms with Crippen LogP contribution < -0.4 is 0 Å². The zero-order valence-electron chi connectivity index (χ0n) is 32.1. The monoisotopic (exact) mass is 812 g/mol. The summed E-state index contributed by atoms with van der Waals surface area (Å²) in [7, 11) is 0. The van der Waals surface area contributed by atoms with Gasteiger partial charge in [0.25, 0.3) is 0 Å². The van der Waals surface area contributed by atoms with E-state index in [-0.39, 0.29) is 24.8 Å². The number of rotatable bonds is 9. The van der Waals surface area contributed by atoms with Crippen LogP contribution in [0.1, 0.15) is 132 Å². The summed E-state index contributed by atoms with van der Waals surface area (Å²) >= 11 is -3.73. The van der Waals surface area contributed by atoms with Crippen molar-refractivity contribution in [3.05, 3.63) is 129 Å². The maximum atomic E-state index is 2.84. The molecule has 0 radical (unpaired) electrons. The van der Waals surface area contributed by atoms with Gasteiger partial charge in [-0.2, -0.15) is 0 Å². The van der Waals surface area contributed by atoms with Crippen LogP contribution in [0.4, 0.5) is 0 Å². The van der Waals surface area contributed by atoms with Crippen LogP contribution in [0, 0.1) is 5.92 Å². The molecule has 3 aliphatic carbocycles. The van der Waals surface area contributed by atoms with Crippen molar-refractivity contribution < 1.29 is 17.4 Å². The summed E-state index contributed by atoms with van der Waals surface area (Å²) in [6, 6.07) is 33.5. The molecule has 0 nitrogen and oxygen atoms in total. The Bertz CT molecular complexity index is 1990. The number of halogens is 2. The first-order chi connectivity index (χ1) is 23.5. The van der Waals surface area contributed by atoms with Gasteiger partial charge < -0.3 is 0 Å². The third kappa shape index (κ3) is 7.31. The van der Waals surface area contributed by atoms with E-state index in [0.29, 0.717) is 25.0 Å². The second kappa shape index (κ2) is 15.8. The Kier molecular flexibility index (Phi) is 12.5. The van der Waals surface area contributed by atoms with Crippen molar-refractivity contribution in [3.8, 4) is 22.3 Å². The fraction of sp³-hybridized carbons (Fsp3) is 0.404. The topological polar surface area (TPSA) is 0 Å². The summed E-state index contributed by atoms with van der Waals surface area (Å²) < 4.78 is 6.81. The summed E-state index contributed by atoms with van der Waals surface area (Å²) in [5.74, 6) is 1.86. The SMILES string of the molecule is CCC1=Cc2c(-c3ccc(C(C)CC)cc3)cccc2[CH]1[Zr]([CH3])([CH3])(=[SiH2])[CH]1C(C2CCCCC2)=Cc2c(-c3ccc(C(C)C)cc3)cccc21.Cl.Cl. The van der Waals surface area contributed by atoms with Gasteiger partial charge in [0.1, 0.15) is 0 Å². The molecule has 1 fully saturated rings. The Morgan fingerprint density at radius 3 is 1.67 bits per heavy atom. The average molecular weight is 815 g/mol. The molecule has 270 valence electrons. The third-order valence-electron chi connectivity index (χ3n) is 12.9. The molecule has 3 atom stereocenters. The minimum absolute atomic E-state index is 0. The summed E-state index contributed by atoms with van der Waals surface area (Å²) in [6.45, 7) is 14.2. The van der Waals surface area contributed by atoms with Gasteiger partial charge in [-0.05, 0) is 0 Å². The van der Waals surface area contributed by atoms with Gasteiger partial charge >= 0.3 is 302 Å². The second-order valence-corrected chi connectivity index (χ2v) is 47.7. The van der Waals surface area contributed by atoms with E-state index in [4.69, 9.17) is 0 Å². The van der Waals surface area contributed by atoms with Gasteiger partial charge in [-0.3, -0.25) is 0 Å². The number of fused-ring (bicyclic) bond motifs is 2. The van der Waals surface area contributed by atoms with E-state index in [0.717, 1.165) is 6.42 Å². The zero-order valence-corrected chi connectivity index (χ0v) is 37.6. The Hall–Kier alpha value is -1.96. The minimum Gasteiger partial charge on any atom is -0.147 e. The fourth-order valence-electron chi connectivity index (χ4n) is 10.1. The van der Waals surface area contributed by atoms with Crippen molar-refractivity contribution in [2.75, 3.05) is 0 Å². The zero-order chi connectivity index (χ0) is 34.5. The molecule has 7 rings (SSSR count). The molecule has 3 unspecified atom stereocenters. The second-order valence-electron chi connectivity index (χ2n) is 17.2. The molecule has 0 aromatic heterocycles. The number of hydrogen-bond acceptors (Lipinski definition) is 0. The van der Waals surface area contributed by atoms with E-state index >= 15 is 0 Å². The van der Waals surface area contributed by atoms with Gasteiger partial charge in [0.2, 0.25) is 0 Å². The third-order valence-corrected chi connectivity index (χ3v) is 30.3. The normalized spacial score (nSPS) is 19.4. The number of hydrogen-bond donors (Lipinski definition) is 0. The van der Waals surface area contributed by atoms with Crippen LogP contribution in [0.5, 0.6) is 0 Å². The van der Waals surface area contributed by atoms with Crippen molar-refractivity contribution in [3.63, 3.8) is 0 Å². The molecule has 4 aromatic carbocycles. The summed E-state index contributed by atoms with van der Waals surface area (Å²) in [4.78, 5) is 0. The fourth-order valence-corrected chi connectivity index (χ4v) is 29.9. The number of allylic oxidation sites excluding steroid dienone is 2. The van der Waals surface area contributed by atoms with Gasteiger partial charge in [-0.1, -0.05) is 0 Å². The average Bonchev–Trinajstić information content (AvgIpc) is 3.72. The van der Waals surface area contributed by atoms with Crippen LogP contribution in [-0.2, 0) is 17.4 Å². The Labute approximate surface area is 324 Å². The standard InChI is InChI=1S/C24H27.C21H23.2CH3.2ClH.H2Si.Zr/c1-17(2)18-11-13-20(14-12-18)23-10-6-9-21-15-22(16-24(21)23)19-7-4-3-5-8-19;1-4-15(3)17-9-11-18(12-10-17)20-8-6-7-19-13-16(5-2)14-21(19)20;;;;;;/h6,9-17,19H,3-5,7-8H2,1-2H3;6-15H,4-5H2,1-3H3;2*1H3;2*1H;1H2;. The van der Waals surface area contributed by atoms with Gasteiger partial charge in [-0.15, -0.1) is 24.8 Å². The molecule has 0 bridgehead atoms. The molecule has 3 aliphatic rings. The Morgan fingerprint density at radius 2 is 1.16 bits per heavy atom. The van der Waals surface area contributed by atoms with Gasteiger partial charge in [0, 0.05) is 0 Å². The van der Waals surface area contributed by atoms with E-state index in [1.807, 2.05) is 0 Å². The Balaban J connectivity index is 0.00000252. The molecule has 0 aliphatic heterocycles. The van der Waals surface area contributed by atoms with Crippen LogP contribution in [0.2, 0.25) is 9.26 Å². The number of benzene rings is 4. The first-order valence-electron chi connectivity index (χ1n) is 19.5. The quantitative estimate of drug-likeness (QED) is 0.148. The van der Waals surface area contributed by atoms with Crippen molar-refractivity contribution >= 4 is 43.8 Å². The smallest absolute Gasteiger partial charge is 0.147 e. The first kappa shape index (κ1) is 40.2. The molecule has 51 heavy (non-hydrogen) atoms. The van der Waals surface area contributed by atoms with Gasteiger partial charge in [0.05, 0.1) is 0 Å². The minimum atomic E-state index is -3.73. The molecule has 0 saturated heterocycles. The van der Waals surface area contributed by atoms with Crippen molar-refractivity contribution in [2.24, 2.45) is 5.92 Å². The molecule has 0 amide bonds. The van der Waals surface area contributed by atoms with Crippen molar-refractivity contribution in [1.29, 1.82) is 0 Å². The van der Waals surface area contributed by atoms with Gasteiger partial charge in [-0.25, -0.2) is 0 Å². The predicted octanol–water partition coefficient (Wildman–Crippen LogP) is 14.4. The van der Waals surface area contributed by atoms with E-state index in [9.17, 15) is 0 Å². The molecule has 4 heteroatoms. The van der Waals surface area contributed by atoms with Crippen LogP contribution >= 0.6 is 24.8 Å². The van der Waals surface area contributed by atoms with Crippen LogP contribution in [0.3, 0.4) is 0 Å². The van der Waals surface area contributed by atoms with Crippen molar-refractivity contribution in [2.45, 2.75) is 108 Å². The molecular weight excluding hydrogens is 755 g/mol. The summed E-state index contributed by atoms with van der Waals surface area (Å²) in [6.07, 6.45) is 14.5. The maximum absolute atomic E-state index is 3.73. The van der Waals surface area contributed by atoms with E-state index in [2.05, 4.69) is 148 Å². The molecule has 0 heterocycles. The maximum Gasteiger partial charge on any atom is -0.147 e. The predicted molar refractivity (Wildman–Crippen MR) is 230 cm³/mol. The molecule has 0 spiro atoms. The van der Waals surface area contributed by atoms with E-state index in [1.54, 1.807) is 22.3 Å². The first-order valence-corrected chi connectivity index (χ1v) is 33.1. The molecule has 0 N–H and O–H groups in total. The summed E-state index contributed by atoms with van der Waals surface area (Å²) in [5.41, 5.74) is 18.2.